The molecular formula is C20H18F2N8OS. The number of aliphatic imine (C=N–C) groups is 1. The Balaban J connectivity index is 1.24. The quantitative estimate of drug-likeness (QED) is 0.455. The molecule has 1 aliphatic heterocycles. The second-order valence-corrected chi connectivity index (χ2v) is 8.19. The number of alkyl halides is 2. The molecule has 0 fully saturated rings. The average molecular weight is 456 g/mol. The van der Waals surface area contributed by atoms with Gasteiger partial charge in [-0.25, -0.2) is 4.68 Å². The van der Waals surface area contributed by atoms with E-state index in [9.17, 15) is 8.78 Å². The molecule has 5 rings (SSSR count). The maximum atomic E-state index is 12.6. The number of hydrogen-bond acceptors (Lipinski definition) is 9. The van der Waals surface area contributed by atoms with E-state index in [2.05, 4.69) is 36.1 Å². The lowest BCUT2D eigenvalue weighted by atomic mass is 10.1. The fourth-order valence-corrected chi connectivity index (χ4v) is 4.07. The van der Waals surface area contributed by atoms with Crippen LogP contribution in [0.4, 0.5) is 14.5 Å². The number of hydrogen-bond donors (Lipinski definition) is 2. The van der Waals surface area contributed by atoms with Gasteiger partial charge in [0.05, 0.1) is 17.6 Å². The normalized spacial score (nSPS) is 13.8. The first-order chi connectivity index (χ1) is 15.6. The summed E-state index contributed by atoms with van der Waals surface area (Å²) in [6, 6.07) is 11.5. The van der Waals surface area contributed by atoms with Crippen LogP contribution in [0.5, 0.6) is 0 Å². The predicted octanol–water partition coefficient (Wildman–Crippen LogP) is 3.80. The molecule has 32 heavy (non-hydrogen) atoms. The van der Waals surface area contributed by atoms with E-state index in [1.165, 1.54) is 11.3 Å². The molecule has 4 aromatic rings. The van der Waals surface area contributed by atoms with E-state index in [0.29, 0.717) is 11.4 Å². The second kappa shape index (κ2) is 8.83. The van der Waals surface area contributed by atoms with Crippen LogP contribution in [0.2, 0.25) is 0 Å². The van der Waals surface area contributed by atoms with Crippen molar-refractivity contribution in [2.24, 2.45) is 4.99 Å². The summed E-state index contributed by atoms with van der Waals surface area (Å²) in [6.45, 7) is 2.23. The van der Waals surface area contributed by atoms with Gasteiger partial charge in [-0.1, -0.05) is 17.3 Å². The second-order valence-electron chi connectivity index (χ2n) is 7.03. The zero-order valence-electron chi connectivity index (χ0n) is 16.7. The first kappa shape index (κ1) is 20.2. The van der Waals surface area contributed by atoms with Gasteiger partial charge in [0, 0.05) is 29.2 Å². The minimum Gasteiger partial charge on any atom is -0.414 e. The molecule has 0 saturated carbocycles. The molecule has 0 aliphatic carbocycles. The lowest BCUT2D eigenvalue weighted by molar-refractivity contribution is 0.116. The van der Waals surface area contributed by atoms with Crippen LogP contribution in [0.15, 0.2) is 52.0 Å². The van der Waals surface area contributed by atoms with Crippen molar-refractivity contribution in [1.82, 2.24) is 30.5 Å². The number of aromatic nitrogens is 5. The van der Waals surface area contributed by atoms with Gasteiger partial charge in [0.2, 0.25) is 0 Å². The molecule has 0 unspecified atom stereocenters. The molecule has 1 aliphatic rings. The van der Waals surface area contributed by atoms with Crippen LogP contribution >= 0.6 is 11.3 Å². The molecular weight excluding hydrogens is 438 g/mol. The lowest BCUT2D eigenvalue weighted by Gasteiger charge is -2.16. The zero-order valence-corrected chi connectivity index (χ0v) is 17.5. The molecule has 0 saturated heterocycles. The summed E-state index contributed by atoms with van der Waals surface area (Å²) in [5, 5.41) is 22.0. The standard InChI is InChI=1S/C20H18F2N8OS/c21-17(22)19-28-27-18(31-19)16-7-6-14(32-16)10-30-11-15(26-29-30)12-2-4-13(5-3-12)25-20-23-8-1-9-24-20/h2-7,11,17H,1,8-10H2,(H2,23,24,25). The van der Waals surface area contributed by atoms with Gasteiger partial charge in [0.1, 0.15) is 5.69 Å². The van der Waals surface area contributed by atoms with Crippen molar-refractivity contribution < 1.29 is 13.2 Å². The highest BCUT2D eigenvalue weighted by atomic mass is 32.1. The summed E-state index contributed by atoms with van der Waals surface area (Å²) in [5.74, 6) is 0.190. The highest BCUT2D eigenvalue weighted by Crippen LogP contribution is 2.29. The number of rotatable bonds is 6. The average Bonchev–Trinajstić information content (AvgIpc) is 3.56. The monoisotopic (exact) mass is 456 g/mol. The molecule has 0 spiro atoms. The zero-order chi connectivity index (χ0) is 21.9. The van der Waals surface area contributed by atoms with Crippen molar-refractivity contribution >= 4 is 23.0 Å². The van der Waals surface area contributed by atoms with Gasteiger partial charge in [0.15, 0.2) is 5.96 Å². The molecule has 9 nitrogen and oxygen atoms in total. The van der Waals surface area contributed by atoms with E-state index in [1.807, 2.05) is 36.5 Å². The Morgan fingerprint density at radius 3 is 2.75 bits per heavy atom. The first-order valence-corrected chi connectivity index (χ1v) is 10.7. The molecule has 1 aromatic carbocycles. The summed E-state index contributed by atoms with van der Waals surface area (Å²) in [7, 11) is 0. The van der Waals surface area contributed by atoms with Crippen molar-refractivity contribution in [2.75, 3.05) is 18.4 Å². The largest absolute Gasteiger partial charge is 0.414 e. The van der Waals surface area contributed by atoms with Crippen molar-refractivity contribution in [3.05, 3.63) is 53.4 Å². The number of nitrogens with zero attached hydrogens (tertiary/aromatic N) is 6. The third kappa shape index (κ3) is 4.49. The van der Waals surface area contributed by atoms with Crippen molar-refractivity contribution in [3.63, 3.8) is 0 Å². The van der Waals surface area contributed by atoms with Crippen LogP contribution in [0, 0.1) is 0 Å². The molecule has 0 radical (unpaired) electrons. The Bertz CT molecular complexity index is 1230. The topological polar surface area (TPSA) is 106 Å². The number of anilines is 1. The van der Waals surface area contributed by atoms with Crippen LogP contribution < -0.4 is 10.6 Å². The van der Waals surface area contributed by atoms with Crippen molar-refractivity contribution in [3.8, 4) is 22.0 Å². The lowest BCUT2D eigenvalue weighted by Crippen LogP contribution is -2.35. The predicted molar refractivity (Wildman–Crippen MR) is 116 cm³/mol. The third-order valence-corrected chi connectivity index (χ3v) is 5.75. The molecule has 0 bridgehead atoms. The fraction of sp³-hybridized carbons (Fsp3) is 0.250. The van der Waals surface area contributed by atoms with Gasteiger partial charge in [-0.05, 0) is 30.7 Å². The third-order valence-electron chi connectivity index (χ3n) is 4.70. The molecule has 12 heteroatoms. The first-order valence-electron chi connectivity index (χ1n) is 9.90. The minimum absolute atomic E-state index is 0.0823. The Morgan fingerprint density at radius 1 is 1.12 bits per heavy atom. The van der Waals surface area contributed by atoms with Gasteiger partial charge in [-0.3, -0.25) is 4.99 Å². The number of nitrogens with one attached hydrogen (secondary N) is 2. The van der Waals surface area contributed by atoms with Gasteiger partial charge < -0.3 is 15.1 Å². The molecule has 0 amide bonds. The van der Waals surface area contributed by atoms with Gasteiger partial charge >= 0.3 is 6.43 Å². The molecule has 3 aromatic heterocycles. The summed E-state index contributed by atoms with van der Waals surface area (Å²) in [6.07, 6.45) is 0.117. The minimum atomic E-state index is -2.79. The van der Waals surface area contributed by atoms with Crippen LogP contribution in [0.1, 0.15) is 23.6 Å². The Kier molecular flexibility index (Phi) is 5.58. The van der Waals surface area contributed by atoms with E-state index in [4.69, 9.17) is 4.42 Å². The van der Waals surface area contributed by atoms with E-state index in [1.54, 1.807) is 10.7 Å². The summed E-state index contributed by atoms with van der Waals surface area (Å²) < 4.78 is 32.0. The maximum absolute atomic E-state index is 12.6. The molecule has 4 heterocycles. The van der Waals surface area contributed by atoms with Gasteiger partial charge in [-0.15, -0.1) is 26.6 Å². The maximum Gasteiger partial charge on any atom is 0.314 e. The van der Waals surface area contributed by atoms with Crippen molar-refractivity contribution in [1.29, 1.82) is 0 Å². The fourth-order valence-electron chi connectivity index (χ4n) is 3.15. The highest BCUT2D eigenvalue weighted by Gasteiger charge is 2.18. The smallest absolute Gasteiger partial charge is 0.314 e. The van der Waals surface area contributed by atoms with Crippen molar-refractivity contribution in [2.45, 2.75) is 19.4 Å². The molecule has 2 N–H and O–H groups in total. The Labute approximate surface area is 185 Å². The van der Waals surface area contributed by atoms with E-state index < -0.39 is 12.3 Å². The number of thiophene rings is 1. The Morgan fingerprint density at radius 2 is 2.00 bits per heavy atom. The van der Waals surface area contributed by atoms with Gasteiger partial charge in [-0.2, -0.15) is 8.78 Å². The van der Waals surface area contributed by atoms with E-state index in [-0.39, 0.29) is 5.89 Å². The van der Waals surface area contributed by atoms with E-state index >= 15 is 0 Å². The summed E-state index contributed by atoms with van der Waals surface area (Å²) in [4.78, 5) is 5.98. The van der Waals surface area contributed by atoms with Crippen LogP contribution in [-0.4, -0.2) is 44.2 Å². The van der Waals surface area contributed by atoms with Crippen LogP contribution in [-0.2, 0) is 6.54 Å². The summed E-state index contributed by atoms with van der Waals surface area (Å²) >= 11 is 1.37. The number of benzene rings is 1. The Hall–Kier alpha value is -3.67. The van der Waals surface area contributed by atoms with Crippen LogP contribution in [0.25, 0.3) is 22.0 Å². The van der Waals surface area contributed by atoms with Crippen LogP contribution in [0.3, 0.4) is 0 Å². The van der Waals surface area contributed by atoms with Gasteiger partial charge in [0.25, 0.3) is 11.8 Å². The number of guanidine groups is 1. The summed E-state index contributed by atoms with van der Waals surface area (Å²) in [5.41, 5.74) is 2.63. The highest BCUT2D eigenvalue weighted by molar-refractivity contribution is 7.15. The van der Waals surface area contributed by atoms with E-state index in [0.717, 1.165) is 47.3 Å². The molecule has 164 valence electrons. The SMILES string of the molecule is FC(F)c1nnc(-c2ccc(Cn3cc(-c4ccc(NC5=NCCCN5)cc4)nn3)s2)o1. The molecule has 0 atom stereocenters. The number of halogens is 2.